The van der Waals surface area contributed by atoms with Crippen molar-refractivity contribution in [1.29, 1.82) is 0 Å². The highest BCUT2D eigenvalue weighted by Gasteiger charge is 2.55. The van der Waals surface area contributed by atoms with Gasteiger partial charge in [-0.3, -0.25) is 4.79 Å². The Morgan fingerprint density at radius 2 is 1.77 bits per heavy atom. The second-order valence-corrected chi connectivity index (χ2v) is 18.7. The van der Waals surface area contributed by atoms with Crippen molar-refractivity contribution in [2.45, 2.75) is 209 Å². The number of ether oxygens (including phenoxy) is 8. The second kappa shape index (κ2) is 17.3. The van der Waals surface area contributed by atoms with Crippen LogP contribution in [-0.2, 0) is 42.7 Å². The summed E-state index contributed by atoms with van der Waals surface area (Å²) in [5.41, 5.74) is 1.45. The predicted molar refractivity (Wildman–Crippen MR) is 207 cm³/mol. The Morgan fingerprint density at radius 1 is 1.00 bits per heavy atom. The van der Waals surface area contributed by atoms with E-state index in [1.54, 1.807) is 0 Å². The highest BCUT2D eigenvalue weighted by Crippen LogP contribution is 2.47. The summed E-state index contributed by atoms with van der Waals surface area (Å²) in [4.78, 5) is 10.9. The molecule has 3 unspecified atom stereocenters. The minimum atomic E-state index is -1.70. The summed E-state index contributed by atoms with van der Waals surface area (Å²) in [7, 11) is 0. The van der Waals surface area contributed by atoms with E-state index < -0.39 is 65.9 Å². The fourth-order valence-corrected chi connectivity index (χ4v) is 10.6. The van der Waals surface area contributed by atoms with Crippen LogP contribution in [0.5, 0.6) is 0 Å². The third kappa shape index (κ3) is 9.44. The number of aliphatic hydroxyl groups is 4. The maximum absolute atomic E-state index is 11.5. The Morgan fingerprint density at radius 3 is 2.53 bits per heavy atom. The second-order valence-electron chi connectivity index (χ2n) is 18.7. The molecule has 0 radical (unpaired) electrons. The smallest absolute Gasteiger partial charge is 0.295 e. The molecule has 57 heavy (non-hydrogen) atoms. The molecule has 6 fully saturated rings. The Labute approximate surface area is 338 Å². The molecule has 0 aliphatic carbocycles. The van der Waals surface area contributed by atoms with Crippen LogP contribution >= 0.6 is 0 Å². The van der Waals surface area contributed by atoms with Crippen LogP contribution in [0, 0.1) is 17.8 Å². The van der Waals surface area contributed by atoms with E-state index in [9.17, 15) is 25.2 Å². The predicted octanol–water partition coefficient (Wildman–Crippen LogP) is 5.26. The van der Waals surface area contributed by atoms with Gasteiger partial charge in [0.25, 0.3) is 6.47 Å². The van der Waals surface area contributed by atoms with Crippen LogP contribution in [0.3, 0.4) is 0 Å². The molecule has 13 heteroatoms. The molecular formula is C44H68O13. The van der Waals surface area contributed by atoms with Crippen molar-refractivity contribution in [3.8, 4) is 0 Å². The van der Waals surface area contributed by atoms with Crippen LogP contribution < -0.4 is 0 Å². The van der Waals surface area contributed by atoms with Crippen molar-refractivity contribution in [3.05, 3.63) is 36.0 Å². The molecule has 7 heterocycles. The molecule has 0 aromatic carbocycles. The Bertz CT molecular complexity index is 1480. The van der Waals surface area contributed by atoms with E-state index in [1.807, 2.05) is 19.1 Å². The van der Waals surface area contributed by atoms with Crippen molar-refractivity contribution in [3.63, 3.8) is 0 Å². The first-order chi connectivity index (χ1) is 27.0. The number of aliphatic hydroxyl groups excluding tert-OH is 3. The zero-order chi connectivity index (χ0) is 40.8. The number of carbonyl (C=O) groups is 1. The molecule has 0 aromatic rings. The van der Waals surface area contributed by atoms with Crippen LogP contribution in [0.25, 0.3) is 0 Å². The Hall–Kier alpha value is -1.75. The summed E-state index contributed by atoms with van der Waals surface area (Å²) in [6.07, 6.45) is 10.1. The van der Waals surface area contributed by atoms with Gasteiger partial charge in [0.05, 0.1) is 43.2 Å². The molecule has 7 aliphatic heterocycles. The lowest BCUT2D eigenvalue weighted by Crippen LogP contribution is -2.60. The summed E-state index contributed by atoms with van der Waals surface area (Å²) in [5.74, 6) is -4.08. The van der Waals surface area contributed by atoms with Crippen LogP contribution in [0.15, 0.2) is 36.0 Å². The first-order valence-corrected chi connectivity index (χ1v) is 21.7. The highest BCUT2D eigenvalue weighted by atomic mass is 16.7. The molecule has 0 bridgehead atoms. The first-order valence-electron chi connectivity index (χ1n) is 21.7. The van der Waals surface area contributed by atoms with Crippen LogP contribution in [-0.4, -0.2) is 118 Å². The maximum atomic E-state index is 11.5. The SMILES string of the molecule is C=C1[C@@H](O)C2O[C@@]3(CCC2O[C@@H]1[C@@H](O)C[C@H](C)C1O[C@@]2(CCCCO2)CC[C@H]1C)CC[C@H](/C=C/[C@@H](C)[C@@H]1CC(C)=C[C@@]2(O[C@H](C[C@@](C)(O)OC=O)CC[C@H]2O)O1)O3. The van der Waals surface area contributed by atoms with Crippen LogP contribution in [0.1, 0.15) is 125 Å². The standard InChI is InChI=1S/C44H68O13/c1-26-21-35(55-44(23-26)36(47)12-11-32(54-44)24-41(6,49)51-25-45)27(2)9-10-31-14-18-43(53-31)19-15-34-40(57-43)37(48)30(5)39(52-34)33(46)22-29(4)38-28(3)13-17-42(56-38)16-7-8-20-50-42/h9-10,23,25,27-29,31-40,46-49H,5,7-8,11-22,24H2,1-4,6H3/b10-9+/t27-,28-,29+,31+,32+,33+,34?,35+,36-,37-,38?,39+,40?,41+,42+,43-,44-/m1/s1. The zero-order valence-electron chi connectivity index (χ0n) is 34.6. The summed E-state index contributed by atoms with van der Waals surface area (Å²) >= 11 is 0. The van der Waals surface area contributed by atoms with Crippen molar-refractivity contribution in [1.82, 2.24) is 0 Å². The van der Waals surface area contributed by atoms with Gasteiger partial charge in [0.2, 0.25) is 11.6 Å². The number of fused-ring (bicyclic) bond motifs is 1. The lowest BCUT2D eigenvalue weighted by atomic mass is 9.79. The zero-order valence-corrected chi connectivity index (χ0v) is 34.6. The van der Waals surface area contributed by atoms with E-state index >= 15 is 0 Å². The number of carbonyl (C=O) groups excluding carboxylic acids is 1. The highest BCUT2D eigenvalue weighted by molar-refractivity contribution is 5.37. The normalized spacial score (nSPS) is 45.4. The van der Waals surface area contributed by atoms with E-state index in [-0.39, 0.29) is 43.0 Å². The van der Waals surface area contributed by atoms with E-state index in [2.05, 4.69) is 33.4 Å². The molecule has 7 aliphatic rings. The fraction of sp³-hybridized carbons (Fsp3) is 0.841. The van der Waals surface area contributed by atoms with Gasteiger partial charge in [0.15, 0.2) is 11.6 Å². The average Bonchev–Trinajstić information content (AvgIpc) is 3.56. The quantitative estimate of drug-likeness (QED) is 0.121. The monoisotopic (exact) mass is 804 g/mol. The molecule has 6 saturated heterocycles. The lowest BCUT2D eigenvalue weighted by Gasteiger charge is -2.50. The summed E-state index contributed by atoms with van der Waals surface area (Å²) in [6.45, 7) is 14.9. The number of hydrogen-bond acceptors (Lipinski definition) is 13. The van der Waals surface area contributed by atoms with E-state index in [1.165, 1.54) is 6.92 Å². The largest absolute Gasteiger partial charge is 0.436 e. The molecule has 0 amide bonds. The van der Waals surface area contributed by atoms with Gasteiger partial charge in [-0.2, -0.15) is 0 Å². The van der Waals surface area contributed by atoms with Gasteiger partial charge in [-0.25, -0.2) is 0 Å². The van der Waals surface area contributed by atoms with Gasteiger partial charge in [-0.15, -0.1) is 0 Å². The van der Waals surface area contributed by atoms with Gasteiger partial charge in [0, 0.05) is 44.9 Å². The van der Waals surface area contributed by atoms with E-state index in [4.69, 9.17) is 37.9 Å². The summed E-state index contributed by atoms with van der Waals surface area (Å²) in [5, 5.41) is 44.7. The van der Waals surface area contributed by atoms with Gasteiger partial charge in [0.1, 0.15) is 24.4 Å². The lowest BCUT2D eigenvalue weighted by molar-refractivity contribution is -0.325. The topological polar surface area (TPSA) is 172 Å². The fourth-order valence-electron chi connectivity index (χ4n) is 10.6. The molecule has 17 atom stereocenters. The van der Waals surface area contributed by atoms with Gasteiger partial charge < -0.3 is 58.3 Å². The summed E-state index contributed by atoms with van der Waals surface area (Å²) in [6, 6.07) is 0. The Balaban J connectivity index is 0.918. The number of rotatable bonds is 11. The Kier molecular flexibility index (Phi) is 13.2. The van der Waals surface area contributed by atoms with Crippen molar-refractivity contribution in [2.75, 3.05) is 6.61 Å². The minimum absolute atomic E-state index is 0.0381. The molecular weight excluding hydrogens is 736 g/mol. The minimum Gasteiger partial charge on any atom is -0.436 e. The first kappa shape index (κ1) is 43.3. The molecule has 3 spiro atoms. The van der Waals surface area contributed by atoms with E-state index in [0.717, 1.165) is 50.7 Å². The third-order valence-corrected chi connectivity index (χ3v) is 13.8. The number of hydrogen-bond donors (Lipinski definition) is 4. The average molecular weight is 805 g/mol. The third-order valence-electron chi connectivity index (χ3n) is 13.8. The van der Waals surface area contributed by atoms with Crippen LogP contribution in [0.2, 0.25) is 0 Å². The molecule has 322 valence electrons. The van der Waals surface area contributed by atoms with Gasteiger partial charge in [-0.1, -0.05) is 45.1 Å². The molecule has 0 saturated carbocycles. The summed E-state index contributed by atoms with van der Waals surface area (Å²) < 4.78 is 50.2. The van der Waals surface area contributed by atoms with Crippen molar-refractivity contribution < 1.29 is 63.1 Å². The van der Waals surface area contributed by atoms with Gasteiger partial charge in [-0.05, 0) is 88.2 Å². The molecule has 4 N–H and O–H groups in total. The molecule has 13 nitrogen and oxygen atoms in total. The van der Waals surface area contributed by atoms with Crippen molar-refractivity contribution in [2.24, 2.45) is 17.8 Å². The molecule has 7 rings (SSSR count). The molecule has 0 aromatic heterocycles. The van der Waals surface area contributed by atoms with Gasteiger partial charge >= 0.3 is 0 Å². The van der Waals surface area contributed by atoms with E-state index in [0.29, 0.717) is 56.4 Å². The van der Waals surface area contributed by atoms with Crippen molar-refractivity contribution >= 4 is 6.47 Å². The van der Waals surface area contributed by atoms with Crippen LogP contribution in [0.4, 0.5) is 0 Å². The maximum Gasteiger partial charge on any atom is 0.295 e.